The van der Waals surface area contributed by atoms with Crippen molar-refractivity contribution in [2.75, 3.05) is 6.54 Å². The summed E-state index contributed by atoms with van der Waals surface area (Å²) in [6.45, 7) is 4.43. The van der Waals surface area contributed by atoms with Crippen LogP contribution in [0.15, 0.2) is 24.3 Å². The minimum absolute atomic E-state index is 0.414. The molecule has 0 bridgehead atoms. The van der Waals surface area contributed by atoms with E-state index in [1.807, 2.05) is 31.2 Å². The molecule has 1 aromatic rings. The van der Waals surface area contributed by atoms with Crippen LogP contribution in [-0.2, 0) is 12.8 Å². The number of halogens is 3. The Balaban J connectivity index is 2.64. The Hall–Kier alpha value is -1.03. The Labute approximate surface area is 106 Å². The molecule has 18 heavy (non-hydrogen) atoms. The molecule has 0 fully saturated rings. The van der Waals surface area contributed by atoms with E-state index in [0.717, 1.165) is 12.0 Å². The second-order valence-electron chi connectivity index (χ2n) is 4.45. The molecule has 1 rings (SSSR count). The van der Waals surface area contributed by atoms with Gasteiger partial charge in [-0.2, -0.15) is 13.2 Å². The van der Waals surface area contributed by atoms with Gasteiger partial charge in [-0.15, -0.1) is 0 Å². The summed E-state index contributed by atoms with van der Waals surface area (Å²) in [4.78, 5) is 0. The van der Waals surface area contributed by atoms with E-state index in [2.05, 4.69) is 12.2 Å². The van der Waals surface area contributed by atoms with Crippen molar-refractivity contribution in [3.8, 4) is 0 Å². The molecule has 1 N–H and O–H groups in total. The third-order valence-electron chi connectivity index (χ3n) is 2.88. The average Bonchev–Trinajstić information content (AvgIpc) is 2.28. The normalized spacial score (nSPS) is 13.6. The van der Waals surface area contributed by atoms with Crippen LogP contribution in [0.25, 0.3) is 0 Å². The minimum atomic E-state index is -4.11. The highest BCUT2D eigenvalue weighted by atomic mass is 19.4. The Morgan fingerprint density at radius 3 is 2.06 bits per heavy atom. The summed E-state index contributed by atoms with van der Waals surface area (Å²) in [5.41, 5.74) is 2.15. The maximum atomic E-state index is 12.4. The largest absolute Gasteiger partial charge is 0.390 e. The molecule has 1 unspecified atom stereocenters. The highest BCUT2D eigenvalue weighted by Crippen LogP contribution is 2.23. The number of alkyl halides is 3. The zero-order valence-corrected chi connectivity index (χ0v) is 10.8. The van der Waals surface area contributed by atoms with E-state index in [1.54, 1.807) is 0 Å². The molecule has 0 aliphatic heterocycles. The molecule has 0 radical (unpaired) electrons. The van der Waals surface area contributed by atoms with Crippen molar-refractivity contribution < 1.29 is 13.2 Å². The first-order valence-electron chi connectivity index (χ1n) is 6.32. The van der Waals surface area contributed by atoms with Gasteiger partial charge in [-0.3, -0.25) is 0 Å². The van der Waals surface area contributed by atoms with E-state index in [-0.39, 0.29) is 0 Å². The lowest BCUT2D eigenvalue weighted by atomic mass is 10.0. The maximum absolute atomic E-state index is 12.4. The predicted molar refractivity (Wildman–Crippen MR) is 67.7 cm³/mol. The van der Waals surface area contributed by atoms with Crippen LogP contribution in [0.2, 0.25) is 0 Å². The first-order valence-corrected chi connectivity index (χ1v) is 6.32. The monoisotopic (exact) mass is 259 g/mol. The Morgan fingerprint density at radius 2 is 1.61 bits per heavy atom. The van der Waals surface area contributed by atoms with Crippen LogP contribution in [-0.4, -0.2) is 18.8 Å². The minimum Gasteiger partial charge on any atom is -0.314 e. The Bertz CT molecular complexity index is 343. The fraction of sp³-hybridized carbons (Fsp3) is 0.571. The van der Waals surface area contributed by atoms with Gasteiger partial charge in [-0.1, -0.05) is 38.1 Å². The van der Waals surface area contributed by atoms with Crippen LogP contribution in [0.5, 0.6) is 0 Å². The first-order chi connectivity index (χ1) is 8.44. The van der Waals surface area contributed by atoms with Gasteiger partial charge in [-0.25, -0.2) is 0 Å². The lowest BCUT2D eigenvalue weighted by Crippen LogP contribution is -2.35. The zero-order valence-electron chi connectivity index (χ0n) is 10.8. The number of benzene rings is 1. The molecule has 0 aromatic heterocycles. The van der Waals surface area contributed by atoms with E-state index < -0.39 is 18.6 Å². The molecule has 4 heteroatoms. The predicted octanol–water partition coefficient (Wildman–Crippen LogP) is 3.72. The van der Waals surface area contributed by atoms with Gasteiger partial charge >= 0.3 is 6.18 Å². The highest BCUT2D eigenvalue weighted by molar-refractivity contribution is 5.23. The summed E-state index contributed by atoms with van der Waals surface area (Å²) in [7, 11) is 0. The van der Waals surface area contributed by atoms with Gasteiger partial charge in [0, 0.05) is 6.04 Å². The van der Waals surface area contributed by atoms with Crippen molar-refractivity contribution >= 4 is 0 Å². The fourth-order valence-corrected chi connectivity index (χ4v) is 1.98. The number of nitrogens with one attached hydrogen (secondary N) is 1. The van der Waals surface area contributed by atoms with E-state index in [1.165, 1.54) is 5.56 Å². The van der Waals surface area contributed by atoms with E-state index in [4.69, 9.17) is 0 Å². The quantitative estimate of drug-likeness (QED) is 0.821. The van der Waals surface area contributed by atoms with Crippen molar-refractivity contribution in [3.05, 3.63) is 35.4 Å². The Kier molecular flexibility index (Phi) is 5.66. The highest BCUT2D eigenvalue weighted by Gasteiger charge is 2.31. The molecule has 0 aliphatic rings. The molecule has 1 aromatic carbocycles. The third kappa shape index (κ3) is 5.54. The summed E-state index contributed by atoms with van der Waals surface area (Å²) in [5.74, 6) is 0. The van der Waals surface area contributed by atoms with E-state index in [0.29, 0.717) is 13.0 Å². The fourth-order valence-electron chi connectivity index (χ4n) is 1.98. The standard InChI is InChI=1S/C14H20F3N/c1-3-11-5-7-12(8-6-11)9-13(18-4-2)10-14(15,16)17/h5-8,13,18H,3-4,9-10H2,1-2H3. The lowest BCUT2D eigenvalue weighted by Gasteiger charge is -2.19. The van der Waals surface area contributed by atoms with Crippen LogP contribution >= 0.6 is 0 Å². The summed E-state index contributed by atoms with van der Waals surface area (Å²) in [5, 5.41) is 2.90. The second-order valence-corrected chi connectivity index (χ2v) is 4.45. The van der Waals surface area contributed by atoms with Gasteiger partial charge in [0.25, 0.3) is 0 Å². The van der Waals surface area contributed by atoms with Crippen LogP contribution in [0.4, 0.5) is 13.2 Å². The number of aryl methyl sites for hydroxylation is 1. The average molecular weight is 259 g/mol. The SMILES string of the molecule is CCNC(Cc1ccc(CC)cc1)CC(F)(F)F. The molecule has 0 saturated carbocycles. The molecule has 0 spiro atoms. The third-order valence-corrected chi connectivity index (χ3v) is 2.88. The maximum Gasteiger partial charge on any atom is 0.390 e. The van der Waals surface area contributed by atoms with Crippen LogP contribution in [0.3, 0.4) is 0 Å². The summed E-state index contributed by atoms with van der Waals surface area (Å²) < 4.78 is 37.2. The number of likely N-dealkylation sites (N-methyl/N-ethyl adjacent to an activating group) is 1. The zero-order chi connectivity index (χ0) is 13.6. The lowest BCUT2D eigenvalue weighted by molar-refractivity contribution is -0.139. The first kappa shape index (κ1) is 15.0. The molecule has 0 saturated heterocycles. The van der Waals surface area contributed by atoms with Crippen LogP contribution < -0.4 is 5.32 Å². The molecular weight excluding hydrogens is 239 g/mol. The molecule has 1 atom stereocenters. The smallest absolute Gasteiger partial charge is 0.314 e. The van der Waals surface area contributed by atoms with Crippen molar-refractivity contribution in [2.24, 2.45) is 0 Å². The van der Waals surface area contributed by atoms with E-state index in [9.17, 15) is 13.2 Å². The molecular formula is C14H20F3N. The molecule has 1 nitrogen and oxygen atoms in total. The Morgan fingerprint density at radius 1 is 1.06 bits per heavy atom. The van der Waals surface area contributed by atoms with E-state index >= 15 is 0 Å². The summed E-state index contributed by atoms with van der Waals surface area (Å²) >= 11 is 0. The number of hydrogen-bond acceptors (Lipinski definition) is 1. The summed E-state index contributed by atoms with van der Waals surface area (Å²) in [6, 6.07) is 7.25. The molecule has 0 amide bonds. The van der Waals surface area contributed by atoms with Crippen molar-refractivity contribution in [1.29, 1.82) is 0 Å². The van der Waals surface area contributed by atoms with Crippen molar-refractivity contribution in [3.63, 3.8) is 0 Å². The second kappa shape index (κ2) is 6.78. The summed E-state index contributed by atoms with van der Waals surface area (Å²) in [6.07, 6.45) is -3.54. The number of hydrogen-bond donors (Lipinski definition) is 1. The van der Waals surface area contributed by atoms with Crippen molar-refractivity contribution in [1.82, 2.24) is 5.32 Å². The topological polar surface area (TPSA) is 12.0 Å². The van der Waals surface area contributed by atoms with Crippen LogP contribution in [0.1, 0.15) is 31.4 Å². The van der Waals surface area contributed by atoms with Gasteiger partial charge in [0.15, 0.2) is 0 Å². The van der Waals surface area contributed by atoms with Crippen molar-refractivity contribution in [2.45, 2.75) is 45.3 Å². The molecule has 102 valence electrons. The van der Waals surface area contributed by atoms with Gasteiger partial charge < -0.3 is 5.32 Å². The molecule has 0 heterocycles. The number of rotatable bonds is 6. The van der Waals surface area contributed by atoms with Crippen LogP contribution in [0, 0.1) is 0 Å². The van der Waals surface area contributed by atoms with Gasteiger partial charge in [-0.05, 0) is 30.5 Å². The van der Waals surface area contributed by atoms with Gasteiger partial charge in [0.1, 0.15) is 0 Å². The molecule has 0 aliphatic carbocycles. The van der Waals surface area contributed by atoms with Gasteiger partial charge in [0.05, 0.1) is 6.42 Å². The van der Waals surface area contributed by atoms with Gasteiger partial charge in [0.2, 0.25) is 0 Å².